The van der Waals surface area contributed by atoms with Crippen LogP contribution in [0, 0.1) is 0 Å². The average molecular weight is 501 g/mol. The zero-order chi connectivity index (χ0) is 26.7. The van der Waals surface area contributed by atoms with Crippen LogP contribution in [0.4, 0.5) is 0 Å². The lowest BCUT2D eigenvalue weighted by atomic mass is 10.1. The minimum atomic E-state index is -1.47. The van der Waals surface area contributed by atoms with Crippen LogP contribution in [0.15, 0.2) is 4.99 Å². The normalized spacial score (nSPS) is 18.6. The maximum Gasteiger partial charge on any atom is 0.326 e. The minimum absolute atomic E-state index is 0.1000. The number of aliphatic hydroxyl groups is 1. The van der Waals surface area contributed by atoms with E-state index in [-0.39, 0.29) is 44.7 Å². The zero-order valence-electron chi connectivity index (χ0n) is 19.7. The van der Waals surface area contributed by atoms with Crippen molar-refractivity contribution < 1.29 is 34.2 Å². The van der Waals surface area contributed by atoms with Crippen LogP contribution in [0.25, 0.3) is 0 Å². The van der Waals surface area contributed by atoms with Gasteiger partial charge in [-0.1, -0.05) is 0 Å². The molecule has 0 aromatic carbocycles. The van der Waals surface area contributed by atoms with E-state index in [9.17, 15) is 34.2 Å². The summed E-state index contributed by atoms with van der Waals surface area (Å²) in [6, 6.07) is -4.84. The van der Waals surface area contributed by atoms with Gasteiger partial charge >= 0.3 is 5.97 Å². The van der Waals surface area contributed by atoms with Crippen LogP contribution in [0.2, 0.25) is 0 Å². The van der Waals surface area contributed by atoms with Crippen LogP contribution < -0.4 is 33.6 Å². The van der Waals surface area contributed by atoms with Crippen molar-refractivity contribution >= 4 is 35.6 Å². The molecule has 12 N–H and O–H groups in total. The number of hydrogen-bond acceptors (Lipinski definition) is 8. The summed E-state index contributed by atoms with van der Waals surface area (Å²) in [6.45, 7) is 1.67. The molecule has 0 saturated carbocycles. The Balaban J connectivity index is 2.90. The number of guanidine groups is 1. The van der Waals surface area contributed by atoms with Gasteiger partial charge in [0.1, 0.15) is 18.1 Å². The molecular formula is C20H36N8O7. The summed E-state index contributed by atoms with van der Waals surface area (Å²) in [5, 5.41) is 24.3. The molecule has 35 heavy (non-hydrogen) atoms. The maximum absolute atomic E-state index is 12.9. The largest absolute Gasteiger partial charge is 0.480 e. The van der Waals surface area contributed by atoms with Gasteiger partial charge in [-0.2, -0.15) is 0 Å². The number of carbonyl (C=O) groups is 5. The fourth-order valence-corrected chi connectivity index (χ4v) is 3.59. The first-order valence-corrected chi connectivity index (χ1v) is 11.3. The summed E-state index contributed by atoms with van der Waals surface area (Å²) in [7, 11) is 0. The second-order valence-corrected chi connectivity index (χ2v) is 8.38. The lowest BCUT2D eigenvalue weighted by Crippen LogP contribution is -2.60. The van der Waals surface area contributed by atoms with E-state index in [2.05, 4.69) is 15.6 Å². The first-order valence-electron chi connectivity index (χ1n) is 11.3. The average Bonchev–Trinajstić information content (AvgIpc) is 3.26. The summed E-state index contributed by atoms with van der Waals surface area (Å²) in [5.74, 6) is -4.33. The number of aliphatic hydroxyl groups excluding tert-OH is 1. The van der Waals surface area contributed by atoms with Crippen molar-refractivity contribution in [2.75, 3.05) is 13.1 Å². The third-order valence-electron chi connectivity index (χ3n) is 5.48. The highest BCUT2D eigenvalue weighted by atomic mass is 16.4. The van der Waals surface area contributed by atoms with Crippen molar-refractivity contribution in [3.05, 3.63) is 0 Å². The summed E-state index contributed by atoms with van der Waals surface area (Å²) < 4.78 is 0. The van der Waals surface area contributed by atoms with Crippen LogP contribution in [-0.2, 0) is 24.0 Å². The molecule has 0 aliphatic carbocycles. The van der Waals surface area contributed by atoms with Crippen molar-refractivity contribution in [1.82, 2.24) is 15.5 Å². The number of primary amides is 1. The Labute approximate surface area is 202 Å². The van der Waals surface area contributed by atoms with E-state index in [1.54, 1.807) is 0 Å². The van der Waals surface area contributed by atoms with Crippen LogP contribution in [0.1, 0.15) is 45.4 Å². The number of rotatable bonds is 14. The van der Waals surface area contributed by atoms with Crippen molar-refractivity contribution in [2.24, 2.45) is 27.9 Å². The predicted octanol–water partition coefficient (Wildman–Crippen LogP) is -3.94. The number of hydrogen-bond donors (Lipinski definition) is 8. The fraction of sp³-hybridized carbons (Fsp3) is 0.700. The quantitative estimate of drug-likeness (QED) is 0.0651. The van der Waals surface area contributed by atoms with Gasteiger partial charge in [0, 0.05) is 19.5 Å². The molecule has 15 nitrogen and oxygen atoms in total. The number of aliphatic carboxylic acids is 1. The molecule has 0 aromatic rings. The number of nitrogens with one attached hydrogen (secondary N) is 2. The second-order valence-electron chi connectivity index (χ2n) is 8.38. The lowest BCUT2D eigenvalue weighted by molar-refractivity contribution is -0.150. The Bertz CT molecular complexity index is 815. The van der Waals surface area contributed by atoms with Crippen LogP contribution in [0.5, 0.6) is 0 Å². The molecule has 0 spiro atoms. The van der Waals surface area contributed by atoms with Gasteiger partial charge in [0.05, 0.1) is 12.1 Å². The predicted molar refractivity (Wildman–Crippen MR) is 124 cm³/mol. The molecular weight excluding hydrogens is 464 g/mol. The first-order chi connectivity index (χ1) is 16.3. The summed E-state index contributed by atoms with van der Waals surface area (Å²) in [4.78, 5) is 65.9. The topological polar surface area (TPSA) is 270 Å². The highest BCUT2D eigenvalue weighted by Crippen LogP contribution is 2.19. The number of aliphatic imine (C=N–C) groups is 1. The van der Waals surface area contributed by atoms with Gasteiger partial charge in [-0.15, -0.1) is 0 Å². The van der Waals surface area contributed by atoms with Gasteiger partial charge in [-0.05, 0) is 39.0 Å². The van der Waals surface area contributed by atoms with Gasteiger partial charge in [0.15, 0.2) is 5.96 Å². The third-order valence-corrected chi connectivity index (χ3v) is 5.48. The van der Waals surface area contributed by atoms with E-state index in [0.29, 0.717) is 12.8 Å². The van der Waals surface area contributed by atoms with Gasteiger partial charge in [0.2, 0.25) is 23.6 Å². The number of nitrogens with zero attached hydrogens (tertiary/aromatic N) is 2. The van der Waals surface area contributed by atoms with Crippen molar-refractivity contribution in [3.63, 3.8) is 0 Å². The van der Waals surface area contributed by atoms with E-state index in [1.165, 1.54) is 6.92 Å². The second kappa shape index (κ2) is 14.1. The van der Waals surface area contributed by atoms with Gasteiger partial charge in [-0.25, -0.2) is 4.79 Å². The van der Waals surface area contributed by atoms with E-state index in [0.717, 1.165) is 4.90 Å². The smallest absolute Gasteiger partial charge is 0.326 e. The van der Waals surface area contributed by atoms with Gasteiger partial charge in [0.25, 0.3) is 0 Å². The van der Waals surface area contributed by atoms with Crippen LogP contribution >= 0.6 is 0 Å². The highest BCUT2D eigenvalue weighted by molar-refractivity contribution is 5.94. The number of carboxylic acids is 1. The summed E-state index contributed by atoms with van der Waals surface area (Å²) in [5.41, 5.74) is 21.5. The van der Waals surface area contributed by atoms with Crippen molar-refractivity contribution in [2.45, 2.75) is 75.7 Å². The molecule has 0 bridgehead atoms. The number of carboxylic acid groups (broad SMARTS) is 1. The molecule has 1 aliphatic rings. The van der Waals surface area contributed by atoms with Crippen molar-refractivity contribution in [3.8, 4) is 0 Å². The molecule has 0 aromatic heterocycles. The molecule has 1 rings (SSSR count). The molecule has 5 atom stereocenters. The number of carbonyl (C=O) groups excluding carboxylic acids is 4. The maximum atomic E-state index is 12.9. The molecule has 1 aliphatic heterocycles. The Morgan fingerprint density at radius 1 is 1.09 bits per heavy atom. The van der Waals surface area contributed by atoms with E-state index in [1.807, 2.05) is 0 Å². The monoisotopic (exact) mass is 500 g/mol. The fourth-order valence-electron chi connectivity index (χ4n) is 3.59. The van der Waals surface area contributed by atoms with E-state index >= 15 is 0 Å². The van der Waals surface area contributed by atoms with Crippen molar-refractivity contribution in [1.29, 1.82) is 0 Å². The molecule has 1 heterocycles. The molecule has 198 valence electrons. The summed E-state index contributed by atoms with van der Waals surface area (Å²) >= 11 is 0. The van der Waals surface area contributed by atoms with Gasteiger partial charge in [-0.3, -0.25) is 24.2 Å². The Morgan fingerprint density at radius 3 is 2.29 bits per heavy atom. The highest BCUT2D eigenvalue weighted by Gasteiger charge is 2.40. The number of nitrogens with two attached hydrogens (primary N) is 4. The van der Waals surface area contributed by atoms with Crippen LogP contribution in [0.3, 0.4) is 0 Å². The SMILES string of the molecule is CC(O)C(NC(=O)C(CCC(N)=O)NC(=O)C(N)CCCN=C(N)N)C(=O)N1CCCC1C(=O)O. The Kier molecular flexibility index (Phi) is 11.9. The number of amides is 4. The van der Waals surface area contributed by atoms with E-state index < -0.39 is 59.9 Å². The molecule has 0 radical (unpaired) electrons. The zero-order valence-corrected chi connectivity index (χ0v) is 19.7. The standard InChI is InChI=1S/C20H36N8O7/c1-10(29)15(18(33)28-9-3-5-13(28)19(34)35)27-17(32)12(6-7-14(22)30)26-16(31)11(21)4-2-8-25-20(23)24/h10-13,15,29H,2-9,21H2,1H3,(H2,22,30)(H,26,31)(H,27,32)(H,34,35)(H4,23,24,25). The molecule has 5 unspecified atom stereocenters. The molecule has 4 amide bonds. The number of likely N-dealkylation sites (tertiary alicyclic amines) is 1. The summed E-state index contributed by atoms with van der Waals surface area (Å²) in [6.07, 6.45) is -0.501. The molecule has 15 heteroatoms. The Morgan fingerprint density at radius 2 is 1.74 bits per heavy atom. The first kappa shape index (κ1) is 29.6. The Hall–Kier alpha value is -3.46. The third kappa shape index (κ3) is 9.74. The minimum Gasteiger partial charge on any atom is -0.480 e. The van der Waals surface area contributed by atoms with E-state index in [4.69, 9.17) is 22.9 Å². The molecule has 1 saturated heterocycles. The lowest BCUT2D eigenvalue weighted by Gasteiger charge is -2.30. The van der Waals surface area contributed by atoms with Crippen LogP contribution in [-0.4, -0.2) is 94.0 Å². The molecule has 1 fully saturated rings. The van der Waals surface area contributed by atoms with Gasteiger partial charge < -0.3 is 48.7 Å².